The second-order valence-corrected chi connectivity index (χ2v) is 16.7. The zero-order chi connectivity index (χ0) is 43.1. The van der Waals surface area contributed by atoms with E-state index in [1.165, 1.54) is 21.3 Å². The van der Waals surface area contributed by atoms with Crippen LogP contribution in [0.2, 0.25) is 0 Å². The monoisotopic (exact) mass is 830 g/mol. The van der Waals surface area contributed by atoms with Crippen LogP contribution in [0.4, 0.5) is 9.59 Å². The molecule has 15 heteroatoms. The number of rotatable bonds is 12. The molecule has 4 N–H and O–H groups in total. The predicted molar refractivity (Wildman–Crippen MR) is 230 cm³/mol. The van der Waals surface area contributed by atoms with E-state index < -0.39 is 36.4 Å². The minimum Gasteiger partial charge on any atom is -0.453 e. The highest BCUT2D eigenvalue weighted by atomic mass is 16.5. The molecule has 5 aromatic rings. The van der Waals surface area contributed by atoms with Crippen molar-refractivity contribution in [3.8, 4) is 22.4 Å². The van der Waals surface area contributed by atoms with Gasteiger partial charge in [0.25, 0.3) is 0 Å². The number of benzene rings is 3. The number of hydrogen-bond donors (Lipinski definition) is 4. The van der Waals surface area contributed by atoms with Crippen LogP contribution in [0.3, 0.4) is 0 Å². The van der Waals surface area contributed by atoms with Gasteiger partial charge in [0.2, 0.25) is 11.8 Å². The first kappa shape index (κ1) is 41.5. The number of H-pyrrole nitrogens is 2. The molecule has 2 aliphatic heterocycles. The van der Waals surface area contributed by atoms with Gasteiger partial charge in [0.1, 0.15) is 29.8 Å². The molecule has 2 fully saturated rings. The van der Waals surface area contributed by atoms with Gasteiger partial charge >= 0.3 is 12.2 Å². The summed E-state index contributed by atoms with van der Waals surface area (Å²) in [5, 5.41) is 7.58. The quantitative estimate of drug-likeness (QED) is 0.0946. The lowest BCUT2D eigenvalue weighted by Gasteiger charge is -2.37. The summed E-state index contributed by atoms with van der Waals surface area (Å²) in [7, 11) is 4.09. The van der Waals surface area contributed by atoms with Crippen LogP contribution >= 0.6 is 0 Å². The topological polar surface area (TPSA) is 184 Å². The van der Waals surface area contributed by atoms with Crippen LogP contribution in [0.1, 0.15) is 77.1 Å². The molecule has 1 saturated carbocycles. The lowest BCUT2D eigenvalue weighted by molar-refractivity contribution is -0.141. The molecule has 0 radical (unpaired) electrons. The second kappa shape index (κ2) is 17.0. The van der Waals surface area contributed by atoms with E-state index in [4.69, 9.17) is 24.2 Å². The summed E-state index contributed by atoms with van der Waals surface area (Å²) < 4.78 is 15.1. The number of carbonyl (C=O) groups excluding carboxylic acids is 4. The highest BCUT2D eigenvalue weighted by Crippen LogP contribution is 2.50. The molecule has 1 saturated heterocycles. The Bertz CT molecular complexity index is 2510. The maximum absolute atomic E-state index is 14.1. The molecule has 2 aromatic heterocycles. The lowest BCUT2D eigenvalue weighted by Crippen LogP contribution is -2.56. The molecule has 320 valence electrons. The number of nitrogens with one attached hydrogen (secondary N) is 4. The number of likely N-dealkylation sites (tertiary alicyclic amines) is 1. The molecule has 15 nitrogen and oxygen atoms in total. The van der Waals surface area contributed by atoms with Crippen molar-refractivity contribution in [1.29, 1.82) is 0 Å². The van der Waals surface area contributed by atoms with Gasteiger partial charge in [-0.05, 0) is 91.1 Å². The summed E-state index contributed by atoms with van der Waals surface area (Å²) >= 11 is 0. The van der Waals surface area contributed by atoms with Crippen molar-refractivity contribution in [1.82, 2.24) is 40.4 Å². The number of hydrogen-bond acceptors (Lipinski definition) is 9. The number of amides is 4. The van der Waals surface area contributed by atoms with Gasteiger partial charge in [0, 0.05) is 25.3 Å². The largest absolute Gasteiger partial charge is 0.453 e. The number of aromatic nitrogens is 4. The molecule has 3 aromatic carbocycles. The van der Waals surface area contributed by atoms with E-state index in [0.29, 0.717) is 18.8 Å². The molecule has 8 rings (SSSR count). The summed E-state index contributed by atoms with van der Waals surface area (Å²) in [6.07, 6.45) is 5.52. The SMILES string of the molecule is CC[C@H](C)[C@H](NC(=O)OC)C(=O)N1CC(C)=C[C@H]1c1nc2ccc(-c3ccc4cc(-c5cnc([C@@H]6[C@@H]7CC[C@@H](C7)N6C(=O)[C@@H](NC(=O)OC)[C@@H](C)OC)[nH]5)ccc4c3)cc2[nH]1. The highest BCUT2D eigenvalue weighted by Gasteiger charge is 2.52. The van der Waals surface area contributed by atoms with Gasteiger partial charge in [-0.3, -0.25) is 9.59 Å². The minimum atomic E-state index is -0.897. The molecule has 2 bridgehead atoms. The molecule has 8 atom stereocenters. The van der Waals surface area contributed by atoms with Gasteiger partial charge in [0.15, 0.2) is 0 Å². The number of nitrogens with zero attached hydrogens (tertiary/aromatic N) is 4. The van der Waals surface area contributed by atoms with E-state index in [9.17, 15) is 19.2 Å². The highest BCUT2D eigenvalue weighted by molar-refractivity contribution is 5.92. The number of carbonyl (C=O) groups is 4. The molecule has 3 aliphatic rings. The third kappa shape index (κ3) is 7.94. The van der Waals surface area contributed by atoms with E-state index in [0.717, 1.165) is 74.9 Å². The fourth-order valence-corrected chi connectivity index (χ4v) is 9.36. The van der Waals surface area contributed by atoms with Crippen molar-refractivity contribution in [2.45, 2.75) is 89.7 Å². The van der Waals surface area contributed by atoms with Crippen LogP contribution in [-0.4, -0.2) is 106 Å². The molecule has 0 spiro atoms. The number of imidazole rings is 2. The van der Waals surface area contributed by atoms with Gasteiger partial charge in [-0.25, -0.2) is 19.6 Å². The first-order valence-corrected chi connectivity index (χ1v) is 21.0. The van der Waals surface area contributed by atoms with Crippen LogP contribution in [0, 0.1) is 11.8 Å². The Morgan fingerprint density at radius 3 is 2.21 bits per heavy atom. The summed E-state index contributed by atoms with van der Waals surface area (Å²) in [5.74, 6) is 1.18. The van der Waals surface area contributed by atoms with Crippen LogP contribution in [0.5, 0.6) is 0 Å². The van der Waals surface area contributed by atoms with Crippen LogP contribution in [0.15, 0.2) is 72.4 Å². The van der Waals surface area contributed by atoms with Crippen molar-refractivity contribution >= 4 is 45.8 Å². The maximum Gasteiger partial charge on any atom is 0.407 e. The van der Waals surface area contributed by atoms with Gasteiger partial charge in [-0.1, -0.05) is 62.2 Å². The molecular formula is C46H54N8O7. The first-order valence-electron chi connectivity index (χ1n) is 21.0. The Morgan fingerprint density at radius 2 is 1.51 bits per heavy atom. The normalized spacial score (nSPS) is 21.6. The van der Waals surface area contributed by atoms with Gasteiger partial charge in [-0.2, -0.15) is 0 Å². The molecule has 61 heavy (non-hydrogen) atoms. The van der Waals surface area contributed by atoms with E-state index in [1.807, 2.05) is 44.0 Å². The fourth-order valence-electron chi connectivity index (χ4n) is 9.36. The smallest absolute Gasteiger partial charge is 0.407 e. The Hall–Kier alpha value is -6.22. The van der Waals surface area contributed by atoms with Crippen molar-refractivity contribution in [2.24, 2.45) is 11.8 Å². The third-order valence-corrected chi connectivity index (χ3v) is 13.0. The summed E-state index contributed by atoms with van der Waals surface area (Å²) in [6.45, 7) is 8.13. The molecule has 0 unspecified atom stereocenters. The van der Waals surface area contributed by atoms with E-state index in [2.05, 4.69) is 69.1 Å². The number of aromatic amines is 2. The van der Waals surface area contributed by atoms with Crippen LogP contribution in [0.25, 0.3) is 44.2 Å². The van der Waals surface area contributed by atoms with Crippen LogP contribution < -0.4 is 10.6 Å². The van der Waals surface area contributed by atoms with Crippen LogP contribution in [-0.2, 0) is 23.8 Å². The van der Waals surface area contributed by atoms with Crippen molar-refractivity contribution in [3.05, 3.63) is 84.1 Å². The minimum absolute atomic E-state index is 0.0633. The van der Waals surface area contributed by atoms with Gasteiger partial charge < -0.3 is 44.6 Å². The van der Waals surface area contributed by atoms with E-state index >= 15 is 0 Å². The van der Waals surface area contributed by atoms with Crippen molar-refractivity contribution in [3.63, 3.8) is 0 Å². The van der Waals surface area contributed by atoms with Gasteiger partial charge in [-0.15, -0.1) is 0 Å². The third-order valence-electron chi connectivity index (χ3n) is 13.0. The average Bonchev–Trinajstić information content (AvgIpc) is 4.14. The number of alkyl carbamates (subject to hydrolysis) is 2. The van der Waals surface area contributed by atoms with Crippen molar-refractivity contribution in [2.75, 3.05) is 27.9 Å². The molecule has 4 heterocycles. The Morgan fingerprint density at radius 1 is 0.836 bits per heavy atom. The molecule has 1 aliphatic carbocycles. The first-order chi connectivity index (χ1) is 29.4. The van der Waals surface area contributed by atoms with Gasteiger partial charge in [0.05, 0.1) is 49.3 Å². The zero-order valence-corrected chi connectivity index (χ0v) is 35.7. The second-order valence-electron chi connectivity index (χ2n) is 16.7. The summed E-state index contributed by atoms with van der Waals surface area (Å²) in [4.78, 5) is 72.8. The Balaban J connectivity index is 1.01. The number of fused-ring (bicyclic) bond motifs is 4. The number of ether oxygens (including phenoxy) is 3. The van der Waals surface area contributed by atoms with E-state index in [-0.39, 0.29) is 35.7 Å². The Labute approximate surface area is 354 Å². The fraction of sp³-hybridized carbons (Fsp3) is 0.435. The number of piperidine rings is 1. The zero-order valence-electron chi connectivity index (χ0n) is 35.7. The standard InChI is InChI=1S/C46H54N8O7/c1-8-25(3)38(51-45(57)60-6)43(55)53-23-24(2)17-37(53)41-48-34-16-14-30(21-35(34)49-41)28-9-10-29-19-31(12-11-27(29)18-28)36-22-47-42(50-36)40-32-13-15-33(20-32)54(40)44(56)39(26(4)59-5)52-46(58)61-7/h9-12,14,16-19,21-22,25-26,32-33,37-40H,8,13,15,20,23H2,1-7H3,(H,47,50)(H,48,49)(H,51,57)(H,52,58)/t25-,26+,32+,33-,37-,38-,39-,40-/m0/s1. The molecular weight excluding hydrogens is 777 g/mol. The average molecular weight is 831 g/mol. The maximum atomic E-state index is 14.1. The molecule has 4 amide bonds. The summed E-state index contributed by atoms with van der Waals surface area (Å²) in [5.41, 5.74) is 6.59. The summed E-state index contributed by atoms with van der Waals surface area (Å²) in [6, 6.07) is 16.6. The number of methoxy groups -OCH3 is 3. The van der Waals surface area contributed by atoms with E-state index in [1.54, 1.807) is 11.8 Å². The van der Waals surface area contributed by atoms with Crippen molar-refractivity contribution < 1.29 is 33.4 Å². The predicted octanol–water partition coefficient (Wildman–Crippen LogP) is 7.19. The lowest BCUT2D eigenvalue weighted by atomic mass is 9.96. The Kier molecular flexibility index (Phi) is 11.6.